The molecule has 1 aromatic rings. The van der Waals surface area contributed by atoms with E-state index in [-0.39, 0.29) is 0 Å². The Hall–Kier alpha value is -2.63. The summed E-state index contributed by atoms with van der Waals surface area (Å²) in [5.74, 6) is -2.07. The van der Waals surface area contributed by atoms with Gasteiger partial charge in [-0.25, -0.2) is 5.43 Å². The number of amides is 1. The average molecular weight is 260 g/mol. The zero-order valence-corrected chi connectivity index (χ0v) is 10.7. The van der Waals surface area contributed by atoms with Crippen molar-refractivity contribution in [2.45, 2.75) is 0 Å². The van der Waals surface area contributed by atoms with E-state index in [2.05, 4.69) is 10.5 Å². The highest BCUT2D eigenvalue weighted by Gasteiger charge is 1.94. The van der Waals surface area contributed by atoms with E-state index in [4.69, 9.17) is 0 Å². The Kier molecular flexibility index (Phi) is 5.28. The van der Waals surface area contributed by atoms with E-state index in [0.29, 0.717) is 6.08 Å². The van der Waals surface area contributed by atoms with E-state index in [0.717, 1.165) is 17.3 Å². The van der Waals surface area contributed by atoms with Gasteiger partial charge >= 0.3 is 0 Å². The first-order valence-corrected chi connectivity index (χ1v) is 5.48. The number of carboxylic acids is 1. The summed E-state index contributed by atoms with van der Waals surface area (Å²) in [6.45, 7) is 0. The standard InChI is InChI=1S/C13H15N3O3/c1-16(2)11-5-3-10(4-6-11)9-14-15-12(17)7-8-13(18)19/h3-9H,1-2H3,(H,15,17)(H,18,19)/p-1/b8-7?,14-9-. The van der Waals surface area contributed by atoms with Crippen LogP contribution >= 0.6 is 0 Å². The molecule has 0 aliphatic heterocycles. The molecule has 6 heteroatoms. The number of rotatable bonds is 5. The fourth-order valence-corrected chi connectivity index (χ4v) is 1.21. The third-order valence-corrected chi connectivity index (χ3v) is 2.17. The predicted molar refractivity (Wildman–Crippen MR) is 70.7 cm³/mol. The lowest BCUT2D eigenvalue weighted by atomic mass is 10.2. The second kappa shape index (κ2) is 6.95. The van der Waals surface area contributed by atoms with E-state index < -0.39 is 11.9 Å². The summed E-state index contributed by atoms with van der Waals surface area (Å²) in [4.78, 5) is 23.1. The lowest BCUT2D eigenvalue weighted by molar-refractivity contribution is -0.297. The number of benzene rings is 1. The topological polar surface area (TPSA) is 84.8 Å². The summed E-state index contributed by atoms with van der Waals surface area (Å²) in [5, 5.41) is 13.8. The van der Waals surface area contributed by atoms with Crippen LogP contribution in [0.2, 0.25) is 0 Å². The number of anilines is 1. The van der Waals surface area contributed by atoms with Gasteiger partial charge in [0.15, 0.2) is 0 Å². The fraction of sp³-hybridized carbons (Fsp3) is 0.154. The van der Waals surface area contributed by atoms with Gasteiger partial charge in [0.1, 0.15) is 0 Å². The average Bonchev–Trinajstić information content (AvgIpc) is 2.37. The minimum Gasteiger partial charge on any atom is -0.545 e. The number of nitrogens with zero attached hydrogens (tertiary/aromatic N) is 2. The molecule has 1 N–H and O–H groups in total. The number of aliphatic carboxylic acids is 1. The molecule has 0 heterocycles. The van der Waals surface area contributed by atoms with Crippen molar-refractivity contribution >= 4 is 23.8 Å². The van der Waals surface area contributed by atoms with Crippen LogP contribution in [0.5, 0.6) is 0 Å². The summed E-state index contributed by atoms with van der Waals surface area (Å²) in [7, 11) is 3.87. The molecule has 0 unspecified atom stereocenters. The molecule has 0 spiro atoms. The van der Waals surface area contributed by atoms with Crippen molar-refractivity contribution in [3.05, 3.63) is 42.0 Å². The first-order valence-electron chi connectivity index (χ1n) is 5.48. The van der Waals surface area contributed by atoms with Gasteiger partial charge in [-0.15, -0.1) is 0 Å². The van der Waals surface area contributed by atoms with Crippen LogP contribution in [0.1, 0.15) is 5.56 Å². The van der Waals surface area contributed by atoms with Crippen LogP contribution in [0, 0.1) is 0 Å². The predicted octanol–water partition coefficient (Wildman–Crippen LogP) is -0.491. The van der Waals surface area contributed by atoms with Crippen molar-refractivity contribution in [3.8, 4) is 0 Å². The van der Waals surface area contributed by atoms with E-state index in [1.165, 1.54) is 6.21 Å². The van der Waals surface area contributed by atoms with E-state index >= 15 is 0 Å². The van der Waals surface area contributed by atoms with E-state index in [1.54, 1.807) is 0 Å². The molecule has 0 bridgehead atoms. The third-order valence-electron chi connectivity index (χ3n) is 2.17. The minimum atomic E-state index is -1.43. The summed E-state index contributed by atoms with van der Waals surface area (Å²) in [5.41, 5.74) is 4.03. The van der Waals surface area contributed by atoms with Crippen LogP contribution < -0.4 is 15.4 Å². The van der Waals surface area contributed by atoms with Gasteiger partial charge in [-0.3, -0.25) is 4.79 Å². The van der Waals surface area contributed by atoms with Crippen LogP contribution in [0.4, 0.5) is 5.69 Å². The molecule has 100 valence electrons. The Balaban J connectivity index is 2.53. The molecule has 0 aromatic heterocycles. The maximum atomic E-state index is 11.1. The zero-order valence-electron chi connectivity index (χ0n) is 10.7. The van der Waals surface area contributed by atoms with Crippen molar-refractivity contribution in [2.75, 3.05) is 19.0 Å². The molecule has 0 aliphatic rings. The van der Waals surface area contributed by atoms with Crippen LogP contribution in [0.3, 0.4) is 0 Å². The van der Waals surface area contributed by atoms with Crippen LogP contribution in [0.15, 0.2) is 41.5 Å². The van der Waals surface area contributed by atoms with Crippen molar-refractivity contribution in [3.63, 3.8) is 0 Å². The largest absolute Gasteiger partial charge is 0.545 e. The normalized spacial score (nSPS) is 10.8. The van der Waals surface area contributed by atoms with Crippen LogP contribution in [-0.2, 0) is 9.59 Å². The van der Waals surface area contributed by atoms with Gasteiger partial charge in [0.25, 0.3) is 5.91 Å². The Bertz CT molecular complexity index is 504. The van der Waals surface area contributed by atoms with Crippen LogP contribution in [0.25, 0.3) is 0 Å². The summed E-state index contributed by atoms with van der Waals surface area (Å²) in [6, 6.07) is 7.53. The van der Waals surface area contributed by atoms with E-state index in [9.17, 15) is 14.7 Å². The van der Waals surface area contributed by atoms with Gasteiger partial charge < -0.3 is 14.8 Å². The zero-order chi connectivity index (χ0) is 14.3. The molecule has 1 rings (SSSR count). The molecule has 6 nitrogen and oxygen atoms in total. The summed E-state index contributed by atoms with van der Waals surface area (Å²) >= 11 is 0. The lowest BCUT2D eigenvalue weighted by Crippen LogP contribution is -2.21. The van der Waals surface area contributed by atoms with Gasteiger partial charge in [0.2, 0.25) is 0 Å². The molecule has 19 heavy (non-hydrogen) atoms. The fourth-order valence-electron chi connectivity index (χ4n) is 1.21. The van der Waals surface area contributed by atoms with Gasteiger partial charge in [-0.1, -0.05) is 12.1 Å². The first-order chi connectivity index (χ1) is 8.99. The number of carbonyl (C=O) groups excluding carboxylic acids is 2. The van der Waals surface area contributed by atoms with E-state index in [1.807, 2.05) is 43.3 Å². The lowest BCUT2D eigenvalue weighted by Gasteiger charge is -2.11. The molecule has 0 fully saturated rings. The molecule has 0 atom stereocenters. The highest BCUT2D eigenvalue weighted by Crippen LogP contribution is 2.10. The number of hydrazone groups is 1. The smallest absolute Gasteiger partial charge is 0.264 e. The molecular formula is C13H14N3O3-. The summed E-state index contributed by atoms with van der Waals surface area (Å²) < 4.78 is 0. The molecule has 0 saturated carbocycles. The Morgan fingerprint density at radius 3 is 2.37 bits per heavy atom. The minimum absolute atomic E-state index is 0.634. The van der Waals surface area contributed by atoms with Crippen molar-refractivity contribution in [1.82, 2.24) is 5.43 Å². The number of nitrogens with one attached hydrogen (secondary N) is 1. The highest BCUT2D eigenvalue weighted by atomic mass is 16.4. The quantitative estimate of drug-likeness (QED) is 0.440. The van der Waals surface area contributed by atoms with Crippen molar-refractivity contribution in [1.29, 1.82) is 0 Å². The van der Waals surface area contributed by atoms with Gasteiger partial charge in [-0.05, 0) is 23.8 Å². The highest BCUT2D eigenvalue weighted by molar-refractivity contribution is 5.93. The molecular weight excluding hydrogens is 246 g/mol. The Morgan fingerprint density at radius 1 is 1.21 bits per heavy atom. The second-order valence-electron chi connectivity index (χ2n) is 3.87. The third kappa shape index (κ3) is 5.49. The molecule has 0 saturated heterocycles. The maximum absolute atomic E-state index is 11.1. The maximum Gasteiger partial charge on any atom is 0.264 e. The number of hydrogen-bond donors (Lipinski definition) is 1. The molecule has 0 radical (unpaired) electrons. The van der Waals surface area contributed by atoms with Gasteiger partial charge in [-0.2, -0.15) is 5.10 Å². The Morgan fingerprint density at radius 2 is 1.84 bits per heavy atom. The van der Waals surface area contributed by atoms with Crippen molar-refractivity contribution < 1.29 is 14.7 Å². The van der Waals surface area contributed by atoms with Crippen molar-refractivity contribution in [2.24, 2.45) is 5.10 Å². The molecule has 1 amide bonds. The first kappa shape index (κ1) is 14.4. The van der Waals surface area contributed by atoms with Gasteiger partial charge in [0, 0.05) is 25.9 Å². The summed E-state index contributed by atoms with van der Waals surface area (Å²) in [6.07, 6.45) is 2.93. The van der Waals surface area contributed by atoms with Crippen LogP contribution in [-0.4, -0.2) is 32.2 Å². The Labute approximate surface area is 111 Å². The number of carbonyl (C=O) groups is 2. The number of carboxylic acid groups (broad SMARTS) is 1. The SMILES string of the molecule is CN(C)c1ccc(/C=N\NC(=O)C=CC(=O)[O-])cc1. The second-order valence-corrected chi connectivity index (χ2v) is 3.87. The molecule has 1 aromatic carbocycles. The number of hydrogen-bond acceptors (Lipinski definition) is 5. The molecule has 0 aliphatic carbocycles. The van der Waals surface area contributed by atoms with Gasteiger partial charge in [0.05, 0.1) is 12.2 Å². The monoisotopic (exact) mass is 260 g/mol.